The summed E-state index contributed by atoms with van der Waals surface area (Å²) in [5, 5.41) is 11.8. The molecule has 0 amide bonds. The number of nitrogens with zero attached hydrogens (tertiary/aromatic N) is 1. The molecule has 0 aliphatic rings. The molecule has 0 spiro atoms. The van der Waals surface area contributed by atoms with Gasteiger partial charge in [0.25, 0.3) is 0 Å². The van der Waals surface area contributed by atoms with Gasteiger partial charge in [-0.25, -0.2) is 0 Å². The molecular weight excluding hydrogens is 911 g/mol. The highest BCUT2D eigenvalue weighted by molar-refractivity contribution is 5.70. The van der Waals surface area contributed by atoms with E-state index in [0.717, 1.165) is 96.3 Å². The Balaban J connectivity index is 4.35. The van der Waals surface area contributed by atoms with E-state index in [2.05, 4.69) is 123 Å². The largest absolute Gasteiger partial charge is 0.545 e. The van der Waals surface area contributed by atoms with Gasteiger partial charge in [-0.2, -0.15) is 0 Å². The van der Waals surface area contributed by atoms with E-state index in [4.69, 9.17) is 18.9 Å². The van der Waals surface area contributed by atoms with Crippen molar-refractivity contribution in [3.63, 3.8) is 0 Å². The van der Waals surface area contributed by atoms with Crippen LogP contribution < -0.4 is 5.11 Å². The maximum Gasteiger partial charge on any atom is 0.306 e. The molecule has 0 saturated heterocycles. The number of allylic oxidation sites excluding steroid dienone is 18. The fourth-order valence-corrected chi connectivity index (χ4v) is 7.59. The number of quaternary nitrogens is 1. The summed E-state index contributed by atoms with van der Waals surface area (Å²) in [6, 6.07) is 0. The zero-order chi connectivity index (χ0) is 53.4. The zero-order valence-corrected chi connectivity index (χ0v) is 47.2. The molecule has 0 rings (SSSR count). The molecule has 0 aliphatic carbocycles. The number of esters is 2. The van der Waals surface area contributed by atoms with Gasteiger partial charge in [0, 0.05) is 12.8 Å². The Morgan fingerprint density at radius 1 is 0.425 bits per heavy atom. The Morgan fingerprint density at radius 3 is 1.16 bits per heavy atom. The van der Waals surface area contributed by atoms with E-state index in [0.29, 0.717) is 17.4 Å². The first-order valence-corrected chi connectivity index (χ1v) is 29.0. The lowest BCUT2D eigenvalue weighted by Crippen LogP contribution is -2.44. The summed E-state index contributed by atoms with van der Waals surface area (Å²) in [6.07, 6.45) is 71.3. The number of likely N-dealkylation sites (N-methyl/N-ethyl adjacent to an activating group) is 1. The molecule has 0 bridgehead atoms. The van der Waals surface area contributed by atoms with Gasteiger partial charge in [0.2, 0.25) is 0 Å². The summed E-state index contributed by atoms with van der Waals surface area (Å²) in [5.41, 5.74) is 0. The number of aliphatic carboxylic acids is 1. The van der Waals surface area contributed by atoms with E-state index in [1.807, 2.05) is 21.1 Å². The normalized spacial score (nSPS) is 13.6. The number of hydrogen-bond acceptors (Lipinski definition) is 8. The van der Waals surface area contributed by atoms with Crippen LogP contribution >= 0.6 is 0 Å². The molecule has 2 atom stereocenters. The Kier molecular flexibility index (Phi) is 51.2. The minimum atomic E-state index is -1.64. The molecule has 2 unspecified atom stereocenters. The average molecular weight is 1020 g/mol. The topological polar surface area (TPSA) is 111 Å². The van der Waals surface area contributed by atoms with Crippen molar-refractivity contribution >= 4 is 17.9 Å². The van der Waals surface area contributed by atoms with Crippen molar-refractivity contribution in [2.24, 2.45) is 0 Å². The van der Waals surface area contributed by atoms with Crippen molar-refractivity contribution < 1.29 is 42.9 Å². The van der Waals surface area contributed by atoms with E-state index in [-0.39, 0.29) is 38.6 Å². The number of hydrogen-bond donors (Lipinski definition) is 0. The smallest absolute Gasteiger partial charge is 0.306 e. The zero-order valence-electron chi connectivity index (χ0n) is 47.2. The van der Waals surface area contributed by atoms with Crippen LogP contribution in [0, 0.1) is 0 Å². The first kappa shape index (κ1) is 69.0. The van der Waals surface area contributed by atoms with Crippen LogP contribution in [-0.4, -0.2) is 82.3 Å². The summed E-state index contributed by atoms with van der Waals surface area (Å²) in [4.78, 5) is 37.3. The molecular formula is C64H107NO8. The quantitative estimate of drug-likeness (QED) is 0.0195. The predicted octanol–water partition coefficient (Wildman–Crippen LogP) is 15.8. The van der Waals surface area contributed by atoms with Crippen LogP contribution in [-0.2, 0) is 33.3 Å². The number of rotatable bonds is 52. The number of unbranched alkanes of at least 4 members (excludes halogenated alkanes) is 19. The summed E-state index contributed by atoms with van der Waals surface area (Å²) in [7, 11) is 5.90. The molecule has 0 aliphatic heterocycles. The predicted molar refractivity (Wildman–Crippen MR) is 306 cm³/mol. The van der Waals surface area contributed by atoms with Gasteiger partial charge in [0.05, 0.1) is 40.3 Å². The third kappa shape index (κ3) is 55.5. The van der Waals surface area contributed by atoms with Crippen LogP contribution in [0.3, 0.4) is 0 Å². The second kappa shape index (κ2) is 54.2. The SMILES string of the molecule is CC/C=C\C/C=C\C/C=C\C/C=C\C/C=C\C/C=C\C/C=C\C/C=C\C/C=C\CCCCCC(=O)OC(COC(=O)CCCCCCCCCCCCCCCCCCC)COC(OCC[N+](C)(C)C)C(=O)[O-]. The highest BCUT2D eigenvalue weighted by Gasteiger charge is 2.22. The molecule has 0 fully saturated rings. The lowest BCUT2D eigenvalue weighted by molar-refractivity contribution is -0.870. The summed E-state index contributed by atoms with van der Waals surface area (Å²) >= 11 is 0. The minimum Gasteiger partial charge on any atom is -0.545 e. The Bertz CT molecular complexity index is 1560. The Morgan fingerprint density at radius 2 is 0.781 bits per heavy atom. The highest BCUT2D eigenvalue weighted by atomic mass is 16.7. The highest BCUT2D eigenvalue weighted by Crippen LogP contribution is 2.15. The molecule has 0 aromatic rings. The molecule has 0 saturated carbocycles. The maximum atomic E-state index is 12.8. The molecule has 9 nitrogen and oxygen atoms in total. The average Bonchev–Trinajstić information content (AvgIpc) is 3.36. The van der Waals surface area contributed by atoms with Gasteiger partial charge in [0.1, 0.15) is 13.2 Å². The van der Waals surface area contributed by atoms with Crippen LogP contribution in [0.25, 0.3) is 0 Å². The second-order valence-corrected chi connectivity index (χ2v) is 20.2. The number of carboxylic acids is 1. The van der Waals surface area contributed by atoms with Crippen molar-refractivity contribution in [3.8, 4) is 0 Å². The summed E-state index contributed by atoms with van der Waals surface area (Å²) < 4.78 is 22.6. The standard InChI is InChI=1S/C64H107NO8/c1-6-8-10-12-14-16-18-20-22-24-25-26-27-28-29-30-31-32-33-34-35-36-37-39-41-43-45-47-49-51-53-55-62(67)73-60(59-72-64(63(68)69)70-57-56-65(3,4)5)58-71-61(66)54-52-50-48-46-44-42-40-38-23-21-19-17-15-13-11-9-7-2/h8,10,14,16,20,22,25-26,28-29,31-32,34-35,37,39,43,45,60,64H,6-7,9,11-13,15,17-19,21,23-24,27,30,33,36,38,40-42,44,46-59H2,1-5H3/b10-8-,16-14-,22-20-,26-25-,29-28-,32-31-,35-34-,39-37-,45-43-. The van der Waals surface area contributed by atoms with Crippen molar-refractivity contribution in [3.05, 3.63) is 109 Å². The van der Waals surface area contributed by atoms with Crippen LogP contribution in [0.5, 0.6) is 0 Å². The lowest BCUT2D eigenvalue weighted by Gasteiger charge is -2.26. The fourth-order valence-electron chi connectivity index (χ4n) is 7.59. The minimum absolute atomic E-state index is 0.136. The fraction of sp³-hybridized carbons (Fsp3) is 0.672. The van der Waals surface area contributed by atoms with E-state index < -0.39 is 24.3 Å². The van der Waals surface area contributed by atoms with E-state index in [1.165, 1.54) is 89.9 Å². The molecule has 9 heteroatoms. The Labute approximate surface area is 447 Å². The van der Waals surface area contributed by atoms with Crippen LogP contribution in [0.1, 0.15) is 219 Å². The van der Waals surface area contributed by atoms with E-state index >= 15 is 0 Å². The van der Waals surface area contributed by atoms with Crippen molar-refractivity contribution in [2.75, 3.05) is 47.5 Å². The molecule has 0 heterocycles. The van der Waals surface area contributed by atoms with Gasteiger partial charge >= 0.3 is 11.9 Å². The molecule has 0 radical (unpaired) electrons. The number of carbonyl (C=O) groups excluding carboxylic acids is 3. The number of ether oxygens (including phenoxy) is 4. The third-order valence-corrected chi connectivity index (χ3v) is 12.0. The van der Waals surface area contributed by atoms with Gasteiger partial charge in [-0.05, 0) is 83.5 Å². The monoisotopic (exact) mass is 1020 g/mol. The van der Waals surface area contributed by atoms with Crippen molar-refractivity contribution in [2.45, 2.75) is 232 Å². The van der Waals surface area contributed by atoms with E-state index in [1.54, 1.807) is 0 Å². The van der Waals surface area contributed by atoms with Gasteiger partial charge in [-0.1, -0.05) is 232 Å². The number of carbonyl (C=O) groups is 3. The lowest BCUT2D eigenvalue weighted by atomic mass is 10.0. The second-order valence-electron chi connectivity index (χ2n) is 20.2. The first-order chi connectivity index (χ1) is 35.6. The number of carboxylic acid groups (broad SMARTS) is 1. The molecule has 73 heavy (non-hydrogen) atoms. The molecule has 0 aromatic heterocycles. The van der Waals surface area contributed by atoms with Crippen molar-refractivity contribution in [1.29, 1.82) is 0 Å². The van der Waals surface area contributed by atoms with Crippen molar-refractivity contribution in [1.82, 2.24) is 0 Å². The summed E-state index contributed by atoms with van der Waals surface area (Å²) in [6.45, 7) is 4.59. The van der Waals surface area contributed by atoms with Crippen LogP contribution in [0.2, 0.25) is 0 Å². The molecule has 0 aromatic carbocycles. The van der Waals surface area contributed by atoms with Gasteiger partial charge in [0.15, 0.2) is 12.4 Å². The van der Waals surface area contributed by atoms with Gasteiger partial charge < -0.3 is 33.3 Å². The van der Waals surface area contributed by atoms with Gasteiger partial charge in [-0.15, -0.1) is 0 Å². The summed E-state index contributed by atoms with van der Waals surface area (Å²) in [5.74, 6) is -2.33. The van der Waals surface area contributed by atoms with Gasteiger partial charge in [-0.3, -0.25) is 9.59 Å². The first-order valence-electron chi connectivity index (χ1n) is 29.0. The maximum absolute atomic E-state index is 12.8. The third-order valence-electron chi connectivity index (χ3n) is 12.0. The molecule has 0 N–H and O–H groups in total. The van der Waals surface area contributed by atoms with E-state index in [9.17, 15) is 19.5 Å². The van der Waals surface area contributed by atoms with Crippen LogP contribution in [0.4, 0.5) is 0 Å². The molecule has 416 valence electrons. The van der Waals surface area contributed by atoms with Crippen LogP contribution in [0.15, 0.2) is 109 Å². The Hall–Kier alpha value is -4.05.